The number of nitrogens with zero attached hydrogens (tertiary/aromatic N) is 2. The van der Waals surface area contributed by atoms with Crippen LogP contribution in [0.25, 0.3) is 10.9 Å². The molecule has 1 N–H and O–H groups in total. The second-order valence-electron chi connectivity index (χ2n) is 6.27. The molecule has 1 aliphatic rings. The van der Waals surface area contributed by atoms with Crippen LogP contribution in [0.4, 0.5) is 0 Å². The van der Waals surface area contributed by atoms with E-state index >= 15 is 0 Å². The van der Waals surface area contributed by atoms with E-state index in [4.69, 9.17) is 4.74 Å². The number of carbonyl (C=O) groups is 1. The lowest BCUT2D eigenvalue weighted by atomic mass is 9.91. The quantitative estimate of drug-likeness (QED) is 0.946. The molecule has 3 heterocycles. The van der Waals surface area contributed by atoms with Crippen LogP contribution in [0, 0.1) is 0 Å². The van der Waals surface area contributed by atoms with Gasteiger partial charge in [-0.1, -0.05) is 6.07 Å². The normalized spacial score (nSPS) is 19.1. The van der Waals surface area contributed by atoms with E-state index in [2.05, 4.69) is 15.3 Å². The summed E-state index contributed by atoms with van der Waals surface area (Å²) in [6.45, 7) is 4.76. The lowest BCUT2D eigenvalue weighted by molar-refractivity contribution is -0.0318. The first-order valence-corrected chi connectivity index (χ1v) is 7.72. The number of fused-ring (bicyclic) bond motifs is 1. The van der Waals surface area contributed by atoms with Gasteiger partial charge in [0, 0.05) is 24.4 Å². The van der Waals surface area contributed by atoms with Gasteiger partial charge >= 0.3 is 0 Å². The molecule has 0 saturated carbocycles. The summed E-state index contributed by atoms with van der Waals surface area (Å²) in [7, 11) is 0. The van der Waals surface area contributed by atoms with E-state index in [1.165, 1.54) is 0 Å². The summed E-state index contributed by atoms with van der Waals surface area (Å²) < 4.78 is 5.82. The van der Waals surface area contributed by atoms with Gasteiger partial charge in [0.05, 0.1) is 11.6 Å². The monoisotopic (exact) mass is 299 g/mol. The predicted molar refractivity (Wildman–Crippen MR) is 84.7 cm³/mol. The lowest BCUT2D eigenvalue weighted by Gasteiger charge is -2.37. The minimum absolute atomic E-state index is 0.0353. The van der Waals surface area contributed by atoms with Gasteiger partial charge < -0.3 is 10.1 Å². The number of ether oxygens (including phenoxy) is 1. The highest BCUT2D eigenvalue weighted by molar-refractivity contribution is 6.03. The molecular formula is C17H21N3O2. The highest BCUT2D eigenvalue weighted by atomic mass is 16.5. The molecule has 1 atom stereocenters. The van der Waals surface area contributed by atoms with Crippen molar-refractivity contribution in [3.63, 3.8) is 0 Å². The molecule has 0 bridgehead atoms. The van der Waals surface area contributed by atoms with E-state index < -0.39 is 5.54 Å². The van der Waals surface area contributed by atoms with Crippen LogP contribution in [0.15, 0.2) is 30.6 Å². The van der Waals surface area contributed by atoms with E-state index in [-0.39, 0.29) is 12.0 Å². The summed E-state index contributed by atoms with van der Waals surface area (Å²) in [5.41, 5.74) is 0.556. The molecule has 1 aliphatic heterocycles. The first-order valence-electron chi connectivity index (χ1n) is 7.72. The molecule has 2 aromatic heterocycles. The molecule has 116 valence electrons. The minimum atomic E-state index is -0.434. The Balaban J connectivity index is 1.83. The van der Waals surface area contributed by atoms with Crippen molar-refractivity contribution in [2.75, 3.05) is 6.61 Å². The fraction of sp³-hybridized carbons (Fsp3) is 0.471. The molecule has 0 spiro atoms. The van der Waals surface area contributed by atoms with Gasteiger partial charge in [-0.2, -0.15) is 0 Å². The zero-order chi connectivity index (χ0) is 15.6. The largest absolute Gasteiger partial charge is 0.376 e. The molecule has 3 rings (SSSR count). The Morgan fingerprint density at radius 1 is 1.27 bits per heavy atom. The maximum absolute atomic E-state index is 12.6. The van der Waals surface area contributed by atoms with Crippen LogP contribution in [0.5, 0.6) is 0 Å². The van der Waals surface area contributed by atoms with Crippen LogP contribution >= 0.6 is 0 Å². The number of pyridine rings is 2. The van der Waals surface area contributed by atoms with Crippen LogP contribution in [0.2, 0.25) is 0 Å². The summed E-state index contributed by atoms with van der Waals surface area (Å²) in [4.78, 5) is 21.2. The van der Waals surface area contributed by atoms with Gasteiger partial charge in [-0.05, 0) is 45.2 Å². The molecule has 1 fully saturated rings. The fourth-order valence-corrected chi connectivity index (χ4v) is 2.91. The van der Waals surface area contributed by atoms with Crippen LogP contribution in [-0.4, -0.2) is 34.1 Å². The van der Waals surface area contributed by atoms with Crippen molar-refractivity contribution in [1.29, 1.82) is 0 Å². The Bertz CT molecular complexity index is 673. The van der Waals surface area contributed by atoms with Crippen molar-refractivity contribution in [1.82, 2.24) is 15.3 Å². The van der Waals surface area contributed by atoms with Gasteiger partial charge in [-0.3, -0.25) is 9.78 Å². The smallest absolute Gasteiger partial charge is 0.272 e. The number of nitrogens with one attached hydrogen (secondary N) is 1. The average molecular weight is 299 g/mol. The number of amides is 1. The second-order valence-corrected chi connectivity index (χ2v) is 6.27. The Kier molecular flexibility index (Phi) is 4.07. The average Bonchev–Trinajstić information content (AvgIpc) is 2.54. The Hall–Kier alpha value is -2.01. The van der Waals surface area contributed by atoms with E-state index in [0.29, 0.717) is 11.2 Å². The molecular weight excluding hydrogens is 278 g/mol. The topological polar surface area (TPSA) is 64.1 Å². The molecule has 1 unspecified atom stereocenters. The summed E-state index contributed by atoms with van der Waals surface area (Å²) in [5, 5.41) is 3.98. The van der Waals surface area contributed by atoms with Crippen LogP contribution in [-0.2, 0) is 4.74 Å². The summed E-state index contributed by atoms with van der Waals surface area (Å²) in [6, 6.07) is 5.63. The first-order chi connectivity index (χ1) is 10.6. The van der Waals surface area contributed by atoms with Crippen molar-refractivity contribution in [2.45, 2.75) is 44.8 Å². The first kappa shape index (κ1) is 14.9. The number of aromatic nitrogens is 2. The van der Waals surface area contributed by atoms with E-state index in [9.17, 15) is 4.79 Å². The van der Waals surface area contributed by atoms with Gasteiger partial charge in [0.15, 0.2) is 5.69 Å². The van der Waals surface area contributed by atoms with Crippen LogP contribution < -0.4 is 5.32 Å². The second kappa shape index (κ2) is 6.01. The van der Waals surface area contributed by atoms with Gasteiger partial charge in [0.25, 0.3) is 5.91 Å². The Morgan fingerprint density at radius 3 is 2.91 bits per heavy atom. The number of rotatable bonds is 3. The van der Waals surface area contributed by atoms with Gasteiger partial charge in [-0.15, -0.1) is 0 Å². The highest BCUT2D eigenvalue weighted by Gasteiger charge is 2.34. The maximum Gasteiger partial charge on any atom is 0.272 e. The summed E-state index contributed by atoms with van der Waals surface area (Å²) in [6.07, 6.45) is 6.55. The standard InChI is InChI=1S/C17H21N3O2/c1-17(2,13-7-3-4-11-22-13)20-16(21)15-14-12(8-10-19-15)6-5-9-18-14/h5-6,8-10,13H,3-4,7,11H2,1-2H3,(H,20,21). The van der Waals surface area contributed by atoms with Gasteiger partial charge in [0.1, 0.15) is 5.52 Å². The number of hydrogen-bond acceptors (Lipinski definition) is 4. The fourth-order valence-electron chi connectivity index (χ4n) is 2.91. The van der Waals surface area contributed by atoms with Crippen molar-refractivity contribution in [2.24, 2.45) is 0 Å². The lowest BCUT2D eigenvalue weighted by Crippen LogP contribution is -2.54. The van der Waals surface area contributed by atoms with Crippen LogP contribution in [0.3, 0.4) is 0 Å². The zero-order valence-electron chi connectivity index (χ0n) is 13.0. The third-order valence-electron chi connectivity index (χ3n) is 4.16. The third kappa shape index (κ3) is 2.95. The Labute approximate surface area is 130 Å². The summed E-state index contributed by atoms with van der Waals surface area (Å²) >= 11 is 0. The summed E-state index contributed by atoms with van der Waals surface area (Å²) in [5.74, 6) is -0.205. The predicted octanol–water partition coefficient (Wildman–Crippen LogP) is 2.71. The van der Waals surface area contributed by atoms with E-state index in [1.54, 1.807) is 12.4 Å². The number of carbonyl (C=O) groups excluding carboxylic acids is 1. The molecule has 5 nitrogen and oxygen atoms in total. The van der Waals surface area contributed by atoms with E-state index in [0.717, 1.165) is 31.3 Å². The molecule has 0 aliphatic carbocycles. The Morgan fingerprint density at radius 2 is 2.14 bits per heavy atom. The molecule has 0 aromatic carbocycles. The van der Waals surface area contributed by atoms with Crippen molar-refractivity contribution in [3.8, 4) is 0 Å². The molecule has 0 radical (unpaired) electrons. The van der Waals surface area contributed by atoms with Crippen molar-refractivity contribution < 1.29 is 9.53 Å². The third-order valence-corrected chi connectivity index (χ3v) is 4.16. The van der Waals surface area contributed by atoms with Crippen LogP contribution in [0.1, 0.15) is 43.6 Å². The number of hydrogen-bond donors (Lipinski definition) is 1. The van der Waals surface area contributed by atoms with Crippen molar-refractivity contribution in [3.05, 3.63) is 36.3 Å². The van der Waals surface area contributed by atoms with Gasteiger partial charge in [0.2, 0.25) is 0 Å². The van der Waals surface area contributed by atoms with E-state index in [1.807, 2.05) is 32.0 Å². The molecule has 5 heteroatoms. The SMILES string of the molecule is CC(C)(NC(=O)c1nccc2cccnc12)C1CCCCO1. The van der Waals surface area contributed by atoms with Gasteiger partial charge in [-0.25, -0.2) is 4.98 Å². The minimum Gasteiger partial charge on any atom is -0.376 e. The highest BCUT2D eigenvalue weighted by Crippen LogP contribution is 2.24. The molecule has 2 aromatic rings. The zero-order valence-corrected chi connectivity index (χ0v) is 13.0. The molecule has 1 saturated heterocycles. The molecule has 22 heavy (non-hydrogen) atoms. The molecule has 1 amide bonds. The van der Waals surface area contributed by atoms with Crippen molar-refractivity contribution >= 4 is 16.8 Å². The maximum atomic E-state index is 12.6.